The lowest BCUT2D eigenvalue weighted by Crippen LogP contribution is -1.96. The van der Waals surface area contributed by atoms with Gasteiger partial charge >= 0.3 is 0 Å². The average Bonchev–Trinajstić information content (AvgIpc) is 3.01. The first-order valence-electron chi connectivity index (χ1n) is 6.68. The van der Waals surface area contributed by atoms with Gasteiger partial charge in [0, 0.05) is 5.56 Å². The van der Waals surface area contributed by atoms with E-state index in [4.69, 9.17) is 11.6 Å². The molecule has 2 heterocycles. The second-order valence-electron chi connectivity index (χ2n) is 4.87. The number of hydrogen-bond acceptors (Lipinski definition) is 4. The van der Waals surface area contributed by atoms with Gasteiger partial charge in [0.25, 0.3) is 0 Å². The number of hydrogen-bond donors (Lipinski definition) is 0. The normalized spacial score (nSPS) is 11.0. The molecule has 110 valence electrons. The summed E-state index contributed by atoms with van der Waals surface area (Å²) in [6, 6.07) is 13.1. The van der Waals surface area contributed by atoms with E-state index in [1.807, 2.05) is 0 Å². The summed E-state index contributed by atoms with van der Waals surface area (Å²) in [5.74, 6) is 0.0448. The van der Waals surface area contributed by atoms with E-state index in [1.54, 1.807) is 30.3 Å². The van der Waals surface area contributed by atoms with E-state index in [9.17, 15) is 9.65 Å². The minimum absolute atomic E-state index is 0.142. The summed E-state index contributed by atoms with van der Waals surface area (Å²) in [5, 5.41) is 14.4. The van der Waals surface area contributed by atoms with Gasteiger partial charge in [0.15, 0.2) is 11.5 Å². The van der Waals surface area contributed by atoms with Crippen LogP contribution in [0.4, 0.5) is 4.39 Å². The number of aromatic nitrogens is 4. The van der Waals surface area contributed by atoms with Crippen LogP contribution in [-0.4, -0.2) is 19.6 Å². The van der Waals surface area contributed by atoms with E-state index in [2.05, 4.69) is 21.1 Å². The number of nitrogens with zero attached hydrogens (tertiary/aromatic N) is 5. The molecule has 0 fully saturated rings. The van der Waals surface area contributed by atoms with Crippen LogP contribution < -0.4 is 0 Å². The molecule has 0 spiro atoms. The maximum atomic E-state index is 13.1. The van der Waals surface area contributed by atoms with Crippen LogP contribution in [0.15, 0.2) is 42.5 Å². The summed E-state index contributed by atoms with van der Waals surface area (Å²) in [5.41, 5.74) is 2.10. The first kappa shape index (κ1) is 13.6. The molecule has 0 aliphatic rings. The van der Waals surface area contributed by atoms with Gasteiger partial charge in [-0.3, -0.25) is 0 Å². The lowest BCUT2D eigenvalue weighted by atomic mass is 10.1. The van der Waals surface area contributed by atoms with Gasteiger partial charge < -0.3 is 0 Å². The molecule has 0 saturated carbocycles. The Balaban J connectivity index is 2.08. The molecule has 5 nitrogen and oxygen atoms in total. The van der Waals surface area contributed by atoms with Gasteiger partial charge in [0.05, 0.1) is 22.5 Å². The first-order valence-corrected chi connectivity index (χ1v) is 7.06. The van der Waals surface area contributed by atoms with Gasteiger partial charge in [-0.2, -0.15) is 9.78 Å². The Morgan fingerprint density at radius 3 is 2.61 bits per heavy atom. The lowest BCUT2D eigenvalue weighted by Gasteiger charge is -2.02. The van der Waals surface area contributed by atoms with E-state index in [-0.39, 0.29) is 11.1 Å². The Bertz CT molecular complexity index is 1100. The zero-order valence-electron chi connectivity index (χ0n) is 11.5. The minimum atomic E-state index is -0.338. The van der Waals surface area contributed by atoms with Crippen LogP contribution in [0.1, 0.15) is 5.56 Å². The fourth-order valence-corrected chi connectivity index (χ4v) is 2.64. The summed E-state index contributed by atoms with van der Waals surface area (Å²) in [6.07, 6.45) is 0. The molecule has 0 atom stereocenters. The number of fused-ring (bicyclic) bond motifs is 3. The van der Waals surface area contributed by atoms with Gasteiger partial charge in [-0.1, -0.05) is 6.07 Å². The summed E-state index contributed by atoms with van der Waals surface area (Å²) in [7, 11) is 0. The molecule has 0 radical (unpaired) electrons. The smallest absolute Gasteiger partial charge is 0.218 e. The van der Waals surface area contributed by atoms with Crippen LogP contribution in [0.25, 0.3) is 27.9 Å². The Labute approximate surface area is 134 Å². The SMILES string of the molecule is N#Cc1cccc2nc(Cl)n3nc(-c4ccc(F)cc4)nc3c12. The highest BCUT2D eigenvalue weighted by molar-refractivity contribution is 6.29. The number of rotatable bonds is 1. The zero-order valence-corrected chi connectivity index (χ0v) is 12.3. The van der Waals surface area contributed by atoms with Crippen molar-refractivity contribution in [3.05, 3.63) is 59.1 Å². The lowest BCUT2D eigenvalue weighted by molar-refractivity contribution is 0.628. The van der Waals surface area contributed by atoms with Gasteiger partial charge in [0.2, 0.25) is 5.28 Å². The predicted molar refractivity (Wildman–Crippen MR) is 83.4 cm³/mol. The molecule has 23 heavy (non-hydrogen) atoms. The Kier molecular flexibility index (Phi) is 2.96. The highest BCUT2D eigenvalue weighted by Crippen LogP contribution is 2.26. The monoisotopic (exact) mass is 323 g/mol. The molecule has 7 heteroatoms. The fraction of sp³-hybridized carbons (Fsp3) is 0. The quantitative estimate of drug-likeness (QED) is 0.502. The summed E-state index contributed by atoms with van der Waals surface area (Å²) < 4.78 is 14.4. The molecule has 0 unspecified atom stereocenters. The molecule has 4 rings (SSSR count). The van der Waals surface area contributed by atoms with Crippen molar-refractivity contribution in [1.29, 1.82) is 5.26 Å². The van der Waals surface area contributed by atoms with Crippen LogP contribution in [0.5, 0.6) is 0 Å². The second kappa shape index (κ2) is 5.00. The standard InChI is InChI=1S/C16H7ClFN5/c17-16-20-12-3-1-2-10(8-19)13(12)15-21-14(22-23(15)16)9-4-6-11(18)7-5-9/h1-7H. The highest BCUT2D eigenvalue weighted by Gasteiger charge is 2.15. The van der Waals surface area contributed by atoms with E-state index in [0.717, 1.165) is 0 Å². The largest absolute Gasteiger partial charge is 0.226 e. The molecule has 2 aromatic heterocycles. The van der Waals surface area contributed by atoms with Crippen LogP contribution in [0, 0.1) is 17.1 Å². The Morgan fingerprint density at radius 2 is 1.87 bits per heavy atom. The number of benzene rings is 2. The average molecular weight is 324 g/mol. The van der Waals surface area contributed by atoms with Crippen molar-refractivity contribution in [2.75, 3.05) is 0 Å². The molecule has 0 N–H and O–H groups in total. The summed E-state index contributed by atoms with van der Waals surface area (Å²) in [6.45, 7) is 0. The van der Waals surface area contributed by atoms with Crippen molar-refractivity contribution in [2.45, 2.75) is 0 Å². The van der Waals surface area contributed by atoms with E-state index in [0.29, 0.717) is 33.5 Å². The van der Waals surface area contributed by atoms with Crippen molar-refractivity contribution in [3.8, 4) is 17.5 Å². The van der Waals surface area contributed by atoms with Crippen molar-refractivity contribution < 1.29 is 4.39 Å². The molecular weight excluding hydrogens is 317 g/mol. The molecule has 0 bridgehead atoms. The molecule has 0 aliphatic carbocycles. The third-order valence-corrected chi connectivity index (χ3v) is 3.73. The first-order chi connectivity index (χ1) is 11.2. The highest BCUT2D eigenvalue weighted by atomic mass is 35.5. The maximum Gasteiger partial charge on any atom is 0.226 e. The topological polar surface area (TPSA) is 66.9 Å². The van der Waals surface area contributed by atoms with Crippen LogP contribution in [0.2, 0.25) is 5.28 Å². The molecule has 0 saturated heterocycles. The summed E-state index contributed by atoms with van der Waals surface area (Å²) in [4.78, 5) is 8.71. The van der Waals surface area contributed by atoms with E-state index in [1.165, 1.54) is 16.6 Å². The Hall–Kier alpha value is -3.04. The zero-order chi connectivity index (χ0) is 16.0. The van der Waals surface area contributed by atoms with Crippen LogP contribution in [-0.2, 0) is 0 Å². The van der Waals surface area contributed by atoms with Crippen molar-refractivity contribution in [2.24, 2.45) is 0 Å². The van der Waals surface area contributed by atoms with Crippen molar-refractivity contribution in [3.63, 3.8) is 0 Å². The van der Waals surface area contributed by atoms with Crippen molar-refractivity contribution in [1.82, 2.24) is 19.6 Å². The maximum absolute atomic E-state index is 13.1. The van der Waals surface area contributed by atoms with E-state index >= 15 is 0 Å². The fourth-order valence-electron chi connectivity index (χ4n) is 2.43. The van der Waals surface area contributed by atoms with E-state index < -0.39 is 0 Å². The van der Waals surface area contributed by atoms with Crippen LogP contribution in [0.3, 0.4) is 0 Å². The molecule has 0 aliphatic heterocycles. The Morgan fingerprint density at radius 1 is 1.09 bits per heavy atom. The number of nitriles is 1. The van der Waals surface area contributed by atoms with Crippen LogP contribution >= 0.6 is 11.6 Å². The van der Waals surface area contributed by atoms with Gasteiger partial charge in [-0.25, -0.2) is 14.4 Å². The van der Waals surface area contributed by atoms with Gasteiger partial charge in [0.1, 0.15) is 5.82 Å². The third-order valence-electron chi connectivity index (χ3n) is 3.48. The molecule has 4 aromatic rings. The summed E-state index contributed by atoms with van der Waals surface area (Å²) >= 11 is 6.16. The molecule has 2 aromatic carbocycles. The number of halogens is 2. The van der Waals surface area contributed by atoms with Gasteiger partial charge in [-0.15, -0.1) is 5.10 Å². The predicted octanol–water partition coefficient (Wildman–Crippen LogP) is 3.61. The molecular formula is C16H7ClFN5. The third kappa shape index (κ3) is 2.10. The van der Waals surface area contributed by atoms with Crippen molar-refractivity contribution >= 4 is 28.2 Å². The van der Waals surface area contributed by atoms with Gasteiger partial charge in [-0.05, 0) is 48.0 Å². The molecule has 0 amide bonds. The second-order valence-corrected chi connectivity index (χ2v) is 5.21. The minimum Gasteiger partial charge on any atom is -0.218 e.